The summed E-state index contributed by atoms with van der Waals surface area (Å²) in [5, 5.41) is 6.86. The first-order chi connectivity index (χ1) is 31.7. The van der Waals surface area contributed by atoms with Crippen LogP contribution < -0.4 is 10.6 Å². The molecule has 0 fully saturated rings. The van der Waals surface area contributed by atoms with E-state index in [4.69, 9.17) is 0 Å². The molecule has 0 aromatic heterocycles. The molecule has 2 heterocycles. The first-order valence-electron chi connectivity index (χ1n) is 24.9. The fraction of sp³-hybridized carbons (Fsp3) is 0.533. The van der Waals surface area contributed by atoms with Gasteiger partial charge in [0.2, 0.25) is 11.8 Å². The van der Waals surface area contributed by atoms with Gasteiger partial charge in [0.1, 0.15) is 0 Å². The van der Waals surface area contributed by atoms with Crippen molar-refractivity contribution in [3.8, 4) is 0 Å². The van der Waals surface area contributed by atoms with E-state index in [-0.39, 0.29) is 104 Å². The number of rotatable bonds is 20. The Morgan fingerprint density at radius 3 is 1.04 bits per heavy atom. The third-order valence-electron chi connectivity index (χ3n) is 13.8. The van der Waals surface area contributed by atoms with E-state index in [1.165, 1.54) is 48.3 Å². The van der Waals surface area contributed by atoms with Gasteiger partial charge < -0.3 is 49.3 Å². The molecule has 0 saturated carbocycles. The van der Waals surface area contributed by atoms with Crippen LogP contribution in [0, 0.1) is 41.5 Å². The molecule has 74 heavy (non-hydrogen) atoms. The number of hydrogen-bond donors (Lipinski definition) is 2. The molecule has 14 heteroatoms. The number of hydrogen-bond acceptors (Lipinski definition) is 6. The standard InChI is InChI=1S/C44H58N6O6.2C5H8.2CH4.4CH3.2Fe/c1-49(2,25-9-21-45-37(51)29-31-13-5-6-14-31)27-11-23-47-41(53)33-17-19-35-40-36(20-18-34(39(33)40)42(47)54)44(56)48(43(35)55)24-12-28-50(3,4)26-10-22-46-38(52)30-32-15-7-8-16-32;2*1-2-4-5-3-1;;;;;;;;/h5,7,13,15,17-20,31-32H,6,8-12,14,16,21-30H2,1-4H3;2*1-2H,3-5H2;2*1H4;4*1H3;;/q;;;;;4*-1;2*+2/p+2/t31-,32-;;;;;;;;;;/m0........../s1. The quantitative estimate of drug-likeness (QED) is 0.0339. The van der Waals surface area contributed by atoms with Crippen molar-refractivity contribution < 1.29 is 71.9 Å². The number of benzene rings is 2. The molecule has 2 atom stereocenters. The zero-order valence-electron chi connectivity index (χ0n) is 45.0. The molecule has 2 aromatic carbocycles. The smallest absolute Gasteiger partial charge is 0.358 e. The van der Waals surface area contributed by atoms with Gasteiger partial charge in [-0.15, -0.1) is 0 Å². The largest absolute Gasteiger partial charge is 2.00 e. The van der Waals surface area contributed by atoms with Gasteiger partial charge in [0.25, 0.3) is 23.6 Å². The summed E-state index contributed by atoms with van der Waals surface area (Å²) in [4.78, 5) is 82.4. The molecule has 6 aliphatic rings. The Bertz CT molecular complexity index is 1980. The van der Waals surface area contributed by atoms with E-state index < -0.39 is 23.6 Å². The predicted octanol–water partition coefficient (Wildman–Crippen LogP) is 11.2. The Morgan fingerprint density at radius 2 is 0.784 bits per heavy atom. The van der Waals surface area contributed by atoms with Crippen LogP contribution in [0.4, 0.5) is 0 Å². The van der Waals surface area contributed by atoms with Gasteiger partial charge in [0, 0.05) is 97.7 Å². The molecular weight excluding hydrogens is 1010 g/mol. The van der Waals surface area contributed by atoms with Crippen molar-refractivity contribution in [1.29, 1.82) is 0 Å². The van der Waals surface area contributed by atoms with Crippen molar-refractivity contribution in [3.05, 3.63) is 125 Å². The van der Waals surface area contributed by atoms with E-state index in [0.717, 1.165) is 64.7 Å². The monoisotopic (exact) mass is 1110 g/mol. The van der Waals surface area contributed by atoms with Gasteiger partial charge in [-0.05, 0) is 100 Å². The Hall–Kier alpha value is -4.16. The van der Waals surface area contributed by atoms with Gasteiger partial charge in [-0.2, -0.15) is 0 Å². The zero-order chi connectivity index (χ0) is 47.1. The summed E-state index contributed by atoms with van der Waals surface area (Å²) in [5.74, 6) is -0.766. The third-order valence-corrected chi connectivity index (χ3v) is 13.8. The first-order valence-corrected chi connectivity index (χ1v) is 24.9. The van der Waals surface area contributed by atoms with E-state index >= 15 is 0 Å². The fourth-order valence-corrected chi connectivity index (χ4v) is 9.92. The fourth-order valence-electron chi connectivity index (χ4n) is 9.92. The van der Waals surface area contributed by atoms with Crippen molar-refractivity contribution in [1.82, 2.24) is 20.4 Å². The van der Waals surface area contributed by atoms with E-state index in [2.05, 4.69) is 87.4 Å². The van der Waals surface area contributed by atoms with Gasteiger partial charge in [0.05, 0.1) is 54.4 Å². The minimum atomic E-state index is -0.413. The first kappa shape index (κ1) is 74.1. The molecule has 2 aromatic rings. The molecule has 12 nitrogen and oxygen atoms in total. The summed E-state index contributed by atoms with van der Waals surface area (Å²) in [6.45, 7) is 4.91. The average molecular weight is 1110 g/mol. The molecule has 6 amide bonds. The third kappa shape index (κ3) is 21.1. The molecule has 0 unspecified atom stereocenters. The number of amides is 6. The maximum absolute atomic E-state index is 13.8. The van der Waals surface area contributed by atoms with Crippen molar-refractivity contribution in [2.24, 2.45) is 11.8 Å². The van der Waals surface area contributed by atoms with Crippen molar-refractivity contribution >= 4 is 46.2 Å². The Kier molecular flexibility index (Phi) is 36.0. The van der Waals surface area contributed by atoms with Gasteiger partial charge in [-0.3, -0.25) is 38.6 Å². The molecule has 4 aliphatic carbocycles. The van der Waals surface area contributed by atoms with Crippen molar-refractivity contribution in [2.75, 3.05) is 80.5 Å². The molecular formula is C60H96Fe2N6O6+2. The summed E-state index contributed by atoms with van der Waals surface area (Å²) in [7, 11) is 8.44. The predicted molar refractivity (Wildman–Crippen MR) is 301 cm³/mol. The number of allylic oxidation sites excluding steroid dienone is 8. The van der Waals surface area contributed by atoms with Gasteiger partial charge in [-0.25, -0.2) is 0 Å². The van der Waals surface area contributed by atoms with E-state index in [1.54, 1.807) is 24.3 Å². The number of carbonyl (C=O) groups is 6. The minimum absolute atomic E-state index is 0. The topological polar surface area (TPSA) is 133 Å². The maximum atomic E-state index is 13.8. The second-order valence-electron chi connectivity index (χ2n) is 20.2. The Morgan fingerprint density at radius 1 is 0.486 bits per heavy atom. The van der Waals surface area contributed by atoms with Gasteiger partial charge in [-0.1, -0.05) is 63.5 Å². The molecule has 8 rings (SSSR count). The van der Waals surface area contributed by atoms with Crippen LogP contribution in [0.3, 0.4) is 0 Å². The van der Waals surface area contributed by atoms with Gasteiger partial charge in [0.15, 0.2) is 0 Å². The Labute approximate surface area is 470 Å². The molecule has 2 N–H and O–H groups in total. The van der Waals surface area contributed by atoms with Gasteiger partial charge >= 0.3 is 34.1 Å². The van der Waals surface area contributed by atoms with E-state index in [9.17, 15) is 28.8 Å². The summed E-state index contributed by atoms with van der Waals surface area (Å²) >= 11 is 0. The van der Waals surface area contributed by atoms with Crippen LogP contribution in [0.15, 0.2) is 72.9 Å². The van der Waals surface area contributed by atoms with E-state index in [1.807, 2.05) is 0 Å². The number of quaternary nitrogens is 2. The van der Waals surface area contributed by atoms with Crippen LogP contribution in [0.5, 0.6) is 0 Å². The molecule has 2 aliphatic heterocycles. The summed E-state index contributed by atoms with van der Waals surface area (Å²) < 4.78 is 1.37. The number of imide groups is 2. The molecule has 0 saturated heterocycles. The molecule has 0 bridgehead atoms. The molecule has 416 valence electrons. The molecule has 0 spiro atoms. The SMILES string of the molecule is C.C.C1=CCCC1.C1=CCCC1.C[N+](C)(CCCNC(=O)C[C@H]1C=CCC1)CCCN1C(=O)c2ccc3c4c(ccc(c24)C1=O)C(=O)N(CCC[N+](C)(C)CCCNC(=O)C[C@H]1C=CCC1)C3=O.[CH3-].[CH3-].[CH3-].[CH3-].[Fe+2].[Fe+2]. The van der Waals surface area contributed by atoms with Crippen molar-refractivity contribution in [3.63, 3.8) is 0 Å². The van der Waals surface area contributed by atoms with E-state index in [0.29, 0.717) is 92.6 Å². The van der Waals surface area contributed by atoms with Crippen LogP contribution in [0.25, 0.3) is 10.8 Å². The normalized spacial score (nSPS) is 17.3. The second-order valence-corrected chi connectivity index (χ2v) is 20.2. The summed E-state index contributed by atoms with van der Waals surface area (Å²) in [6, 6.07) is 6.50. The Balaban J connectivity index is -0.00000251. The number of nitrogens with zero attached hydrogens (tertiary/aromatic N) is 4. The van der Waals surface area contributed by atoms with Crippen molar-refractivity contribution in [2.45, 2.75) is 118 Å². The molecule has 0 radical (unpaired) electrons. The van der Waals surface area contributed by atoms with Crippen LogP contribution in [-0.2, 0) is 43.7 Å². The minimum Gasteiger partial charge on any atom is -0.358 e. The second kappa shape index (κ2) is 36.0. The van der Waals surface area contributed by atoms with Crippen LogP contribution >= 0.6 is 0 Å². The summed E-state index contributed by atoms with van der Waals surface area (Å²) in [5.41, 5.74) is 1.32. The van der Waals surface area contributed by atoms with Crippen LogP contribution in [0.2, 0.25) is 0 Å². The van der Waals surface area contributed by atoms with Crippen LogP contribution in [0.1, 0.15) is 159 Å². The average Bonchev–Trinajstić information content (AvgIpc) is 4.16. The number of nitrogens with one attached hydrogen (secondary N) is 2. The zero-order valence-corrected chi connectivity index (χ0v) is 47.2. The number of carbonyl (C=O) groups excluding carboxylic acids is 6. The summed E-state index contributed by atoms with van der Waals surface area (Å²) in [6.07, 6.45) is 33.7. The van der Waals surface area contributed by atoms with Crippen LogP contribution in [-0.4, -0.2) is 135 Å². The maximum Gasteiger partial charge on any atom is 2.00 e.